The van der Waals surface area contributed by atoms with Crippen LogP contribution in [-0.2, 0) is 4.74 Å². The maximum Gasteiger partial charge on any atom is 0.0933 e. The van der Waals surface area contributed by atoms with Crippen LogP contribution < -0.4 is 5.32 Å². The number of epoxide rings is 1. The van der Waals surface area contributed by atoms with Gasteiger partial charge < -0.3 is 10.1 Å². The topological polar surface area (TPSA) is 24.6 Å². The molecule has 138 valence electrons. The summed E-state index contributed by atoms with van der Waals surface area (Å²) in [5.74, 6) is 0. The first-order valence-electron chi connectivity index (χ1n) is 10.8. The van der Waals surface area contributed by atoms with Crippen LogP contribution in [0.3, 0.4) is 0 Å². The van der Waals surface area contributed by atoms with Gasteiger partial charge in [0.1, 0.15) is 0 Å². The Hall–Kier alpha value is -0.0800. The fourth-order valence-electron chi connectivity index (χ4n) is 3.25. The van der Waals surface area contributed by atoms with Gasteiger partial charge in [-0.15, -0.1) is 0 Å². The molecule has 0 spiro atoms. The van der Waals surface area contributed by atoms with Crippen molar-refractivity contribution in [2.45, 2.75) is 116 Å². The Labute approximate surface area is 146 Å². The predicted octanol–water partition coefficient (Wildman–Crippen LogP) is 6.24. The summed E-state index contributed by atoms with van der Waals surface area (Å²) in [5, 5.41) is 3.47. The van der Waals surface area contributed by atoms with E-state index >= 15 is 0 Å². The summed E-state index contributed by atoms with van der Waals surface area (Å²) < 4.78 is 5.18. The molecule has 1 saturated heterocycles. The summed E-state index contributed by atoms with van der Waals surface area (Å²) in [4.78, 5) is 0. The molecule has 23 heavy (non-hydrogen) atoms. The number of unbranched alkanes of at least 4 members (excludes halogenated alkanes) is 15. The Bertz CT molecular complexity index is 228. The summed E-state index contributed by atoms with van der Waals surface area (Å²) >= 11 is 0. The molecule has 0 aromatic rings. The first-order chi connectivity index (χ1) is 11.4. The fourth-order valence-corrected chi connectivity index (χ4v) is 3.25. The van der Waals surface area contributed by atoms with E-state index in [0.29, 0.717) is 6.10 Å². The molecular formula is C21H43NO. The van der Waals surface area contributed by atoms with Crippen LogP contribution >= 0.6 is 0 Å². The molecule has 1 rings (SSSR count). The molecule has 0 amide bonds. The lowest BCUT2D eigenvalue weighted by atomic mass is 10.0. The van der Waals surface area contributed by atoms with Crippen LogP contribution in [0.4, 0.5) is 0 Å². The van der Waals surface area contributed by atoms with Crippen LogP contribution in [0.15, 0.2) is 0 Å². The molecule has 1 aliphatic rings. The van der Waals surface area contributed by atoms with Crippen molar-refractivity contribution in [3.05, 3.63) is 0 Å². The van der Waals surface area contributed by atoms with Gasteiger partial charge in [0.05, 0.1) is 12.7 Å². The number of hydrogen-bond acceptors (Lipinski definition) is 2. The van der Waals surface area contributed by atoms with Gasteiger partial charge in [0.25, 0.3) is 0 Å². The Morgan fingerprint density at radius 2 is 1.04 bits per heavy atom. The highest BCUT2D eigenvalue weighted by molar-refractivity contribution is 4.71. The normalized spacial score (nSPS) is 16.8. The van der Waals surface area contributed by atoms with Gasteiger partial charge in [-0.3, -0.25) is 0 Å². The Morgan fingerprint density at radius 1 is 0.652 bits per heavy atom. The molecule has 0 bridgehead atoms. The van der Waals surface area contributed by atoms with Crippen molar-refractivity contribution in [1.29, 1.82) is 0 Å². The van der Waals surface area contributed by atoms with E-state index in [1.54, 1.807) is 0 Å². The van der Waals surface area contributed by atoms with Gasteiger partial charge in [0, 0.05) is 6.54 Å². The van der Waals surface area contributed by atoms with Gasteiger partial charge in [-0.2, -0.15) is 0 Å². The Morgan fingerprint density at radius 3 is 1.43 bits per heavy atom. The van der Waals surface area contributed by atoms with Crippen molar-refractivity contribution in [3.8, 4) is 0 Å². The number of hydrogen-bond donors (Lipinski definition) is 1. The van der Waals surface area contributed by atoms with Crippen molar-refractivity contribution < 1.29 is 4.74 Å². The number of ether oxygens (including phenoxy) is 1. The van der Waals surface area contributed by atoms with E-state index in [1.807, 2.05) is 0 Å². The molecule has 1 heterocycles. The van der Waals surface area contributed by atoms with Crippen molar-refractivity contribution in [1.82, 2.24) is 5.32 Å². The van der Waals surface area contributed by atoms with Crippen molar-refractivity contribution in [3.63, 3.8) is 0 Å². The summed E-state index contributed by atoms with van der Waals surface area (Å²) in [6.07, 6.45) is 23.7. The second-order valence-corrected chi connectivity index (χ2v) is 7.46. The highest BCUT2D eigenvalue weighted by Crippen LogP contribution is 2.13. The van der Waals surface area contributed by atoms with Gasteiger partial charge >= 0.3 is 0 Å². The molecule has 0 aliphatic carbocycles. The van der Waals surface area contributed by atoms with Gasteiger partial charge in [-0.1, -0.05) is 103 Å². The highest BCUT2D eigenvalue weighted by Gasteiger charge is 2.20. The molecule has 1 N–H and O–H groups in total. The van der Waals surface area contributed by atoms with Gasteiger partial charge in [-0.25, -0.2) is 0 Å². The molecule has 0 saturated carbocycles. The van der Waals surface area contributed by atoms with Gasteiger partial charge in [0.2, 0.25) is 0 Å². The summed E-state index contributed by atoms with van der Waals surface area (Å²) in [7, 11) is 0. The Balaban J connectivity index is 1.59. The second kappa shape index (κ2) is 16.8. The third kappa shape index (κ3) is 16.6. The molecule has 2 nitrogen and oxygen atoms in total. The average Bonchev–Trinajstić information content (AvgIpc) is 3.38. The zero-order chi connectivity index (χ0) is 16.4. The van der Waals surface area contributed by atoms with E-state index < -0.39 is 0 Å². The first kappa shape index (κ1) is 21.0. The molecule has 0 aromatic heterocycles. The number of nitrogens with one attached hydrogen (secondary N) is 1. The average molecular weight is 326 g/mol. The molecule has 0 radical (unpaired) electrons. The lowest BCUT2D eigenvalue weighted by Crippen LogP contribution is -2.20. The van der Waals surface area contributed by atoms with Crippen LogP contribution in [0.5, 0.6) is 0 Å². The SMILES string of the molecule is CCCCCCCCCCCCCCCCCCNCC1CO1. The zero-order valence-corrected chi connectivity index (χ0v) is 15.9. The van der Waals surface area contributed by atoms with E-state index in [9.17, 15) is 0 Å². The van der Waals surface area contributed by atoms with Crippen LogP contribution in [0.1, 0.15) is 110 Å². The predicted molar refractivity (Wildman–Crippen MR) is 102 cm³/mol. The van der Waals surface area contributed by atoms with Gasteiger partial charge in [-0.05, 0) is 13.0 Å². The van der Waals surface area contributed by atoms with Crippen LogP contribution in [0.25, 0.3) is 0 Å². The third-order valence-corrected chi connectivity index (χ3v) is 4.98. The molecule has 1 unspecified atom stereocenters. The largest absolute Gasteiger partial charge is 0.372 e. The summed E-state index contributed by atoms with van der Waals surface area (Å²) in [6.45, 7) is 5.52. The van der Waals surface area contributed by atoms with Gasteiger partial charge in [0.15, 0.2) is 0 Å². The molecular weight excluding hydrogens is 282 g/mol. The van der Waals surface area contributed by atoms with E-state index in [0.717, 1.165) is 13.2 Å². The minimum Gasteiger partial charge on any atom is -0.372 e. The van der Waals surface area contributed by atoms with E-state index in [2.05, 4.69) is 12.2 Å². The van der Waals surface area contributed by atoms with E-state index in [-0.39, 0.29) is 0 Å². The van der Waals surface area contributed by atoms with E-state index in [4.69, 9.17) is 4.74 Å². The van der Waals surface area contributed by atoms with Crippen LogP contribution in [-0.4, -0.2) is 25.8 Å². The maximum atomic E-state index is 5.18. The standard InChI is InChI=1S/C21H43NO/c1-2-3-4-5-6-7-8-9-10-11-12-13-14-15-16-17-18-22-19-21-20-23-21/h21-22H,2-20H2,1H3. The smallest absolute Gasteiger partial charge is 0.0933 e. The Kier molecular flexibility index (Phi) is 15.3. The summed E-state index contributed by atoms with van der Waals surface area (Å²) in [5.41, 5.74) is 0. The van der Waals surface area contributed by atoms with E-state index in [1.165, 1.54) is 109 Å². The lowest BCUT2D eigenvalue weighted by Gasteiger charge is -2.04. The molecule has 1 aliphatic heterocycles. The van der Waals surface area contributed by atoms with Crippen LogP contribution in [0.2, 0.25) is 0 Å². The molecule has 0 aromatic carbocycles. The quantitative estimate of drug-likeness (QED) is 0.225. The summed E-state index contributed by atoms with van der Waals surface area (Å²) in [6, 6.07) is 0. The minimum atomic E-state index is 0.538. The maximum absolute atomic E-state index is 5.18. The van der Waals surface area contributed by atoms with Crippen molar-refractivity contribution in [2.24, 2.45) is 0 Å². The molecule has 2 heteroatoms. The van der Waals surface area contributed by atoms with Crippen molar-refractivity contribution >= 4 is 0 Å². The first-order valence-corrected chi connectivity index (χ1v) is 10.8. The third-order valence-electron chi connectivity index (χ3n) is 4.98. The highest BCUT2D eigenvalue weighted by atomic mass is 16.6. The second-order valence-electron chi connectivity index (χ2n) is 7.46. The van der Waals surface area contributed by atoms with Crippen LogP contribution in [0, 0.1) is 0 Å². The van der Waals surface area contributed by atoms with Crippen molar-refractivity contribution in [2.75, 3.05) is 19.7 Å². The molecule has 1 fully saturated rings. The fraction of sp³-hybridized carbons (Fsp3) is 1.00. The lowest BCUT2D eigenvalue weighted by molar-refractivity contribution is 0.395. The molecule has 1 atom stereocenters. The minimum absolute atomic E-state index is 0.538. The monoisotopic (exact) mass is 325 g/mol. The zero-order valence-electron chi connectivity index (χ0n) is 15.9. The number of rotatable bonds is 19.